The van der Waals surface area contributed by atoms with Crippen LogP contribution in [0.2, 0.25) is 10.0 Å². The number of benzene rings is 1. The van der Waals surface area contributed by atoms with Crippen molar-refractivity contribution in [1.29, 1.82) is 0 Å². The van der Waals surface area contributed by atoms with E-state index in [-0.39, 0.29) is 6.10 Å². The summed E-state index contributed by atoms with van der Waals surface area (Å²) < 4.78 is 7.91. The zero-order chi connectivity index (χ0) is 18.8. The Bertz CT molecular complexity index is 937. The second kappa shape index (κ2) is 8.00. The molecule has 3 aromatic rings. The summed E-state index contributed by atoms with van der Waals surface area (Å²) in [6.45, 7) is 4.47. The average Bonchev–Trinajstić information content (AvgIpc) is 3.17. The van der Waals surface area contributed by atoms with Crippen molar-refractivity contribution >= 4 is 34.8 Å². The van der Waals surface area contributed by atoms with E-state index in [2.05, 4.69) is 33.0 Å². The number of hydrogen-bond acceptors (Lipinski definition) is 5. The van der Waals surface area contributed by atoms with Crippen LogP contribution in [0, 0.1) is 0 Å². The summed E-state index contributed by atoms with van der Waals surface area (Å²) in [6, 6.07) is 7.74. The Morgan fingerprint density at radius 1 is 1.15 bits per heavy atom. The molecule has 8 heteroatoms. The number of anilines is 1. The van der Waals surface area contributed by atoms with Crippen LogP contribution in [0.1, 0.15) is 31.0 Å². The zero-order valence-electron chi connectivity index (χ0n) is 15.1. The summed E-state index contributed by atoms with van der Waals surface area (Å²) in [5.74, 6) is 1.71. The van der Waals surface area contributed by atoms with Crippen molar-refractivity contribution in [3.05, 3.63) is 51.9 Å². The molecule has 0 unspecified atom stereocenters. The summed E-state index contributed by atoms with van der Waals surface area (Å²) >= 11 is 12.0. The number of piperidine rings is 1. The lowest BCUT2D eigenvalue weighted by Crippen LogP contribution is -2.38. The van der Waals surface area contributed by atoms with Crippen molar-refractivity contribution in [3.8, 4) is 0 Å². The highest BCUT2D eigenvalue weighted by molar-refractivity contribution is 6.42. The second-order valence-corrected chi connectivity index (χ2v) is 7.49. The lowest BCUT2D eigenvalue weighted by molar-refractivity contribution is 0.0250. The minimum absolute atomic E-state index is 0.231. The molecule has 0 atom stereocenters. The number of ether oxygens (including phenoxy) is 1. The molecule has 142 valence electrons. The fourth-order valence-electron chi connectivity index (χ4n) is 3.35. The highest BCUT2D eigenvalue weighted by atomic mass is 35.5. The van der Waals surface area contributed by atoms with Gasteiger partial charge >= 0.3 is 0 Å². The Labute approximate surface area is 168 Å². The van der Waals surface area contributed by atoms with Crippen molar-refractivity contribution in [3.63, 3.8) is 0 Å². The van der Waals surface area contributed by atoms with E-state index in [0.29, 0.717) is 22.4 Å². The Morgan fingerprint density at radius 2 is 1.96 bits per heavy atom. The third kappa shape index (κ3) is 4.03. The molecule has 1 aliphatic rings. The maximum atomic E-state index is 6.09. The van der Waals surface area contributed by atoms with Crippen LogP contribution in [-0.4, -0.2) is 38.8 Å². The number of aryl methyl sites for hydroxylation is 1. The van der Waals surface area contributed by atoms with Gasteiger partial charge in [0, 0.05) is 24.8 Å². The first-order valence-electron chi connectivity index (χ1n) is 9.14. The van der Waals surface area contributed by atoms with Gasteiger partial charge in [-0.3, -0.25) is 0 Å². The number of nitrogens with zero attached hydrogens (tertiary/aromatic N) is 5. The SMILES string of the molecule is CCc1cc(N2CCC(OCc3ccc(Cl)c(Cl)c3)CC2)n2ncnc2n1. The van der Waals surface area contributed by atoms with Crippen molar-refractivity contribution in [2.75, 3.05) is 18.0 Å². The first-order chi connectivity index (χ1) is 13.1. The van der Waals surface area contributed by atoms with E-state index >= 15 is 0 Å². The standard InChI is InChI=1S/C19H21Cl2N5O/c1-2-14-10-18(26-19(24-14)22-12-23-26)25-7-5-15(6-8-25)27-11-13-3-4-16(20)17(21)9-13/h3-4,9-10,12,15H,2,5-8,11H2,1H3. The summed E-state index contributed by atoms with van der Waals surface area (Å²) in [5.41, 5.74) is 2.07. The van der Waals surface area contributed by atoms with Crippen molar-refractivity contribution < 1.29 is 4.74 Å². The monoisotopic (exact) mass is 405 g/mol. The quantitative estimate of drug-likeness (QED) is 0.636. The van der Waals surface area contributed by atoms with E-state index in [1.165, 1.54) is 0 Å². The first-order valence-corrected chi connectivity index (χ1v) is 9.89. The van der Waals surface area contributed by atoms with Crippen molar-refractivity contribution in [2.24, 2.45) is 0 Å². The molecule has 27 heavy (non-hydrogen) atoms. The second-order valence-electron chi connectivity index (χ2n) is 6.68. The van der Waals surface area contributed by atoms with E-state index in [0.717, 1.165) is 49.4 Å². The van der Waals surface area contributed by atoms with Gasteiger partial charge < -0.3 is 9.64 Å². The molecular formula is C19H21Cl2N5O. The normalized spacial score (nSPS) is 15.6. The van der Waals surface area contributed by atoms with Gasteiger partial charge in [0.05, 0.1) is 22.8 Å². The predicted octanol–water partition coefficient (Wildman–Crippen LogP) is 4.18. The van der Waals surface area contributed by atoms with Gasteiger partial charge in [-0.1, -0.05) is 36.2 Å². The number of halogens is 2. The predicted molar refractivity (Wildman–Crippen MR) is 107 cm³/mol. The molecule has 0 spiro atoms. The molecule has 3 heterocycles. The van der Waals surface area contributed by atoms with Crippen LogP contribution in [0.15, 0.2) is 30.6 Å². The Balaban J connectivity index is 1.39. The highest BCUT2D eigenvalue weighted by Gasteiger charge is 2.22. The van der Waals surface area contributed by atoms with Crippen LogP contribution in [-0.2, 0) is 17.8 Å². The fourth-order valence-corrected chi connectivity index (χ4v) is 3.67. The smallest absolute Gasteiger partial charge is 0.254 e. The number of aromatic nitrogens is 4. The fraction of sp³-hybridized carbons (Fsp3) is 0.421. The van der Waals surface area contributed by atoms with E-state index in [1.807, 2.05) is 22.7 Å². The summed E-state index contributed by atoms with van der Waals surface area (Å²) in [7, 11) is 0. The van der Waals surface area contributed by atoms with Gasteiger partial charge in [-0.2, -0.15) is 14.6 Å². The molecule has 1 saturated heterocycles. The van der Waals surface area contributed by atoms with Crippen LogP contribution in [0.25, 0.3) is 5.78 Å². The van der Waals surface area contributed by atoms with Crippen LogP contribution >= 0.6 is 23.2 Å². The third-order valence-electron chi connectivity index (χ3n) is 4.88. The summed E-state index contributed by atoms with van der Waals surface area (Å²) in [6.07, 6.45) is 4.58. The van der Waals surface area contributed by atoms with Gasteiger partial charge in [0.15, 0.2) is 0 Å². The van der Waals surface area contributed by atoms with Gasteiger partial charge in [0.25, 0.3) is 5.78 Å². The Morgan fingerprint density at radius 3 is 2.70 bits per heavy atom. The zero-order valence-corrected chi connectivity index (χ0v) is 16.6. The van der Waals surface area contributed by atoms with Crippen LogP contribution in [0.5, 0.6) is 0 Å². The minimum atomic E-state index is 0.231. The summed E-state index contributed by atoms with van der Waals surface area (Å²) in [4.78, 5) is 11.1. The molecule has 0 N–H and O–H groups in total. The van der Waals surface area contributed by atoms with E-state index in [9.17, 15) is 0 Å². The topological polar surface area (TPSA) is 55.6 Å². The number of rotatable bonds is 5. The summed E-state index contributed by atoms with van der Waals surface area (Å²) in [5, 5.41) is 5.46. The molecule has 0 radical (unpaired) electrons. The lowest BCUT2D eigenvalue weighted by atomic mass is 10.1. The van der Waals surface area contributed by atoms with Gasteiger partial charge in [0.1, 0.15) is 12.1 Å². The number of fused-ring (bicyclic) bond motifs is 1. The van der Waals surface area contributed by atoms with Gasteiger partial charge in [-0.25, -0.2) is 4.98 Å². The molecule has 1 aliphatic heterocycles. The molecule has 1 aromatic carbocycles. The molecule has 2 aromatic heterocycles. The molecule has 0 aliphatic carbocycles. The van der Waals surface area contributed by atoms with Crippen LogP contribution in [0.3, 0.4) is 0 Å². The minimum Gasteiger partial charge on any atom is -0.373 e. The number of hydrogen-bond donors (Lipinski definition) is 0. The highest BCUT2D eigenvalue weighted by Crippen LogP contribution is 2.25. The maximum Gasteiger partial charge on any atom is 0.254 e. The van der Waals surface area contributed by atoms with Crippen LogP contribution < -0.4 is 4.90 Å². The van der Waals surface area contributed by atoms with E-state index in [1.54, 1.807) is 6.33 Å². The van der Waals surface area contributed by atoms with Crippen LogP contribution in [0.4, 0.5) is 5.82 Å². The van der Waals surface area contributed by atoms with E-state index in [4.69, 9.17) is 27.9 Å². The van der Waals surface area contributed by atoms with Gasteiger partial charge in [0.2, 0.25) is 0 Å². The van der Waals surface area contributed by atoms with Crippen molar-refractivity contribution in [1.82, 2.24) is 19.6 Å². The Kier molecular flexibility index (Phi) is 5.48. The molecule has 1 fully saturated rings. The maximum absolute atomic E-state index is 6.09. The van der Waals surface area contributed by atoms with Gasteiger partial charge in [-0.15, -0.1) is 0 Å². The molecule has 0 saturated carbocycles. The van der Waals surface area contributed by atoms with E-state index < -0.39 is 0 Å². The largest absolute Gasteiger partial charge is 0.373 e. The van der Waals surface area contributed by atoms with Gasteiger partial charge in [-0.05, 0) is 37.0 Å². The lowest BCUT2D eigenvalue weighted by Gasteiger charge is -2.33. The first kappa shape index (κ1) is 18.5. The molecule has 4 rings (SSSR count). The third-order valence-corrected chi connectivity index (χ3v) is 5.62. The van der Waals surface area contributed by atoms with Crippen molar-refractivity contribution in [2.45, 2.75) is 38.9 Å². The molecule has 0 bridgehead atoms. The Hall–Kier alpha value is -1.89. The molecule has 6 nitrogen and oxygen atoms in total. The molecule has 0 amide bonds. The molecular weight excluding hydrogens is 385 g/mol. The average molecular weight is 406 g/mol.